The van der Waals surface area contributed by atoms with Crippen LogP contribution in [0.25, 0.3) is 0 Å². The molecule has 0 aliphatic rings. The average Bonchev–Trinajstić information content (AvgIpc) is 2.85. The van der Waals surface area contributed by atoms with E-state index in [4.69, 9.17) is 10.5 Å². The first-order chi connectivity index (χ1) is 8.66. The highest BCUT2D eigenvalue weighted by molar-refractivity contribution is 9.10. The summed E-state index contributed by atoms with van der Waals surface area (Å²) >= 11 is 4.94. The number of hydrogen-bond acceptors (Lipinski definition) is 4. The maximum atomic E-state index is 11.8. The first-order valence-corrected chi connectivity index (χ1v) is 7.08. The third kappa shape index (κ3) is 3.34. The normalized spacial score (nSPS) is 10.3. The maximum absolute atomic E-state index is 11.8. The van der Waals surface area contributed by atoms with Gasteiger partial charge in [0.25, 0.3) is 0 Å². The Balaban J connectivity index is 1.89. The number of halogens is 1. The minimum absolute atomic E-state index is 0.327. The number of hydrogen-bond donors (Lipinski definition) is 1. The number of anilines is 1. The molecule has 0 atom stereocenters. The zero-order valence-corrected chi connectivity index (χ0v) is 12.0. The molecule has 1 aromatic heterocycles. The Kier molecular flexibility index (Phi) is 4.38. The summed E-state index contributed by atoms with van der Waals surface area (Å²) in [6, 6.07) is 9.02. The van der Waals surface area contributed by atoms with Crippen molar-refractivity contribution in [1.82, 2.24) is 0 Å². The second kappa shape index (κ2) is 6.02. The van der Waals surface area contributed by atoms with E-state index in [2.05, 4.69) is 15.9 Å². The molecule has 2 N–H and O–H groups in total. The van der Waals surface area contributed by atoms with E-state index in [1.807, 2.05) is 17.5 Å². The molecule has 1 aromatic carbocycles. The summed E-state index contributed by atoms with van der Waals surface area (Å²) in [4.78, 5) is 13.0. The van der Waals surface area contributed by atoms with Crippen LogP contribution in [0.3, 0.4) is 0 Å². The maximum Gasteiger partial charge on any atom is 0.338 e. The Morgan fingerprint density at radius 1 is 1.39 bits per heavy atom. The molecule has 0 aliphatic carbocycles. The molecule has 0 fully saturated rings. The third-order valence-corrected chi connectivity index (χ3v) is 4.02. The second-order valence-corrected chi connectivity index (χ2v) is 5.59. The fraction of sp³-hybridized carbons (Fsp3) is 0.154. The van der Waals surface area contributed by atoms with Gasteiger partial charge in [-0.15, -0.1) is 11.3 Å². The molecule has 0 spiro atoms. The van der Waals surface area contributed by atoms with Crippen LogP contribution in [0.4, 0.5) is 5.69 Å². The van der Waals surface area contributed by atoms with Crippen LogP contribution in [0.15, 0.2) is 40.2 Å². The molecule has 0 saturated heterocycles. The van der Waals surface area contributed by atoms with Gasteiger partial charge in [-0.3, -0.25) is 0 Å². The van der Waals surface area contributed by atoms with Gasteiger partial charge < -0.3 is 10.5 Å². The number of rotatable bonds is 4. The predicted molar refractivity (Wildman–Crippen MR) is 76.9 cm³/mol. The molecular formula is C13H12BrNO2S. The van der Waals surface area contributed by atoms with Gasteiger partial charge in [0.05, 0.1) is 12.2 Å². The van der Waals surface area contributed by atoms with E-state index in [1.54, 1.807) is 29.5 Å². The minimum atomic E-state index is -0.327. The van der Waals surface area contributed by atoms with E-state index in [0.29, 0.717) is 22.3 Å². The van der Waals surface area contributed by atoms with Crippen LogP contribution in [0.5, 0.6) is 0 Å². The van der Waals surface area contributed by atoms with E-state index in [0.717, 1.165) is 6.42 Å². The number of nitrogens with two attached hydrogens (primary N) is 1. The summed E-state index contributed by atoms with van der Waals surface area (Å²) in [5.74, 6) is -0.327. The summed E-state index contributed by atoms with van der Waals surface area (Å²) in [7, 11) is 0. The zero-order valence-electron chi connectivity index (χ0n) is 9.56. The van der Waals surface area contributed by atoms with Crippen molar-refractivity contribution in [3.05, 3.63) is 50.6 Å². The molecule has 94 valence electrons. The van der Waals surface area contributed by atoms with Gasteiger partial charge in [-0.1, -0.05) is 6.07 Å². The molecule has 2 aromatic rings. The highest BCUT2D eigenvalue weighted by Gasteiger charge is 2.08. The smallest absolute Gasteiger partial charge is 0.338 e. The lowest BCUT2D eigenvalue weighted by Gasteiger charge is -2.05. The van der Waals surface area contributed by atoms with Gasteiger partial charge in [0.2, 0.25) is 0 Å². The summed E-state index contributed by atoms with van der Waals surface area (Å²) in [5, 5.41) is 2.01. The summed E-state index contributed by atoms with van der Waals surface area (Å²) in [5.41, 5.74) is 6.76. The SMILES string of the molecule is Nc1ccc(C(=O)OCCc2cccs2)cc1Br. The molecule has 0 unspecified atom stereocenters. The van der Waals surface area contributed by atoms with Gasteiger partial charge in [0.15, 0.2) is 0 Å². The predicted octanol–water partition coefficient (Wildman–Crippen LogP) is 3.49. The van der Waals surface area contributed by atoms with Gasteiger partial charge in [-0.05, 0) is 45.6 Å². The molecule has 2 rings (SSSR count). The second-order valence-electron chi connectivity index (χ2n) is 3.70. The first-order valence-electron chi connectivity index (χ1n) is 5.41. The number of ether oxygens (including phenoxy) is 1. The third-order valence-electron chi connectivity index (χ3n) is 2.40. The van der Waals surface area contributed by atoms with E-state index < -0.39 is 0 Å². The quantitative estimate of drug-likeness (QED) is 0.691. The average molecular weight is 326 g/mol. The molecule has 1 heterocycles. The van der Waals surface area contributed by atoms with Crippen molar-refractivity contribution >= 4 is 38.9 Å². The fourth-order valence-electron chi connectivity index (χ4n) is 1.44. The molecule has 3 nitrogen and oxygen atoms in total. The Labute approximate surface area is 118 Å². The van der Waals surface area contributed by atoms with Gasteiger partial charge in [-0.2, -0.15) is 0 Å². The van der Waals surface area contributed by atoms with Crippen molar-refractivity contribution in [3.8, 4) is 0 Å². The zero-order chi connectivity index (χ0) is 13.0. The number of carbonyl (C=O) groups excluding carboxylic acids is 1. The molecule has 0 amide bonds. The Morgan fingerprint density at radius 2 is 2.22 bits per heavy atom. The molecular weight excluding hydrogens is 314 g/mol. The molecule has 5 heteroatoms. The Hall–Kier alpha value is -1.33. The highest BCUT2D eigenvalue weighted by Crippen LogP contribution is 2.20. The van der Waals surface area contributed by atoms with Crippen molar-refractivity contribution in [2.45, 2.75) is 6.42 Å². The van der Waals surface area contributed by atoms with Crippen molar-refractivity contribution in [3.63, 3.8) is 0 Å². The van der Waals surface area contributed by atoms with Crippen LogP contribution in [0.2, 0.25) is 0 Å². The number of carbonyl (C=O) groups is 1. The standard InChI is InChI=1S/C13H12BrNO2S/c14-11-8-9(3-4-12(11)15)13(16)17-6-5-10-2-1-7-18-10/h1-4,7-8H,5-6,15H2. The van der Waals surface area contributed by atoms with E-state index >= 15 is 0 Å². The van der Waals surface area contributed by atoms with Crippen molar-refractivity contribution in [2.24, 2.45) is 0 Å². The summed E-state index contributed by atoms with van der Waals surface area (Å²) < 4.78 is 5.91. The largest absolute Gasteiger partial charge is 0.462 e. The molecule has 0 aliphatic heterocycles. The molecule has 0 bridgehead atoms. The van der Waals surface area contributed by atoms with Crippen LogP contribution in [0.1, 0.15) is 15.2 Å². The fourth-order valence-corrected chi connectivity index (χ4v) is 2.51. The number of esters is 1. The Morgan fingerprint density at radius 3 is 2.89 bits per heavy atom. The highest BCUT2D eigenvalue weighted by atomic mass is 79.9. The van der Waals surface area contributed by atoms with E-state index in [-0.39, 0.29) is 5.97 Å². The summed E-state index contributed by atoms with van der Waals surface area (Å²) in [6.07, 6.45) is 0.750. The minimum Gasteiger partial charge on any atom is -0.462 e. The lowest BCUT2D eigenvalue weighted by atomic mass is 10.2. The lowest BCUT2D eigenvalue weighted by molar-refractivity contribution is 0.0510. The van der Waals surface area contributed by atoms with E-state index in [9.17, 15) is 4.79 Å². The van der Waals surface area contributed by atoms with Gasteiger partial charge >= 0.3 is 5.97 Å². The van der Waals surface area contributed by atoms with Gasteiger partial charge in [0, 0.05) is 21.5 Å². The number of thiophene rings is 1. The number of benzene rings is 1. The van der Waals surface area contributed by atoms with Crippen molar-refractivity contribution < 1.29 is 9.53 Å². The summed E-state index contributed by atoms with van der Waals surface area (Å²) in [6.45, 7) is 0.390. The van der Waals surface area contributed by atoms with Crippen LogP contribution in [0, 0.1) is 0 Å². The van der Waals surface area contributed by atoms with E-state index in [1.165, 1.54) is 4.88 Å². The molecule has 0 radical (unpaired) electrons. The number of nitrogen functional groups attached to an aromatic ring is 1. The Bertz CT molecular complexity index is 540. The van der Waals surface area contributed by atoms with Crippen LogP contribution in [-0.2, 0) is 11.2 Å². The van der Waals surface area contributed by atoms with Crippen LogP contribution >= 0.6 is 27.3 Å². The molecule has 18 heavy (non-hydrogen) atoms. The van der Waals surface area contributed by atoms with Crippen LogP contribution in [-0.4, -0.2) is 12.6 Å². The monoisotopic (exact) mass is 325 g/mol. The molecule has 0 saturated carbocycles. The topological polar surface area (TPSA) is 52.3 Å². The van der Waals surface area contributed by atoms with Gasteiger partial charge in [-0.25, -0.2) is 4.79 Å². The lowest BCUT2D eigenvalue weighted by Crippen LogP contribution is -2.08. The van der Waals surface area contributed by atoms with Crippen molar-refractivity contribution in [2.75, 3.05) is 12.3 Å². The van der Waals surface area contributed by atoms with Crippen molar-refractivity contribution in [1.29, 1.82) is 0 Å². The van der Waals surface area contributed by atoms with Gasteiger partial charge in [0.1, 0.15) is 0 Å². The first kappa shape index (κ1) is 13.1. The van der Waals surface area contributed by atoms with Crippen LogP contribution < -0.4 is 5.73 Å².